The van der Waals surface area contributed by atoms with Gasteiger partial charge >= 0.3 is 11.8 Å². The van der Waals surface area contributed by atoms with Crippen molar-refractivity contribution >= 4 is 64.0 Å². The van der Waals surface area contributed by atoms with Gasteiger partial charge in [-0.15, -0.1) is 0 Å². The normalized spacial score (nSPS) is 32.0. The van der Waals surface area contributed by atoms with Crippen LogP contribution in [0.5, 0.6) is 0 Å². The highest BCUT2D eigenvalue weighted by Crippen LogP contribution is 2.68. The Morgan fingerprint density at radius 1 is 0.613 bits per heavy atom. The fraction of sp³-hybridized carbons (Fsp3) is 0.600. The maximum absolute atomic E-state index is 16.9. The van der Waals surface area contributed by atoms with Gasteiger partial charge in [0.1, 0.15) is 71.0 Å². The number of nitrogens with zero attached hydrogens (tertiary/aromatic N) is 11. The van der Waals surface area contributed by atoms with Crippen molar-refractivity contribution in [3.05, 3.63) is 125 Å². The highest BCUT2D eigenvalue weighted by Gasteiger charge is 2.77. The molecule has 6 amide bonds. The smallest absolute Gasteiger partial charge is 0.341 e. The van der Waals surface area contributed by atoms with Gasteiger partial charge in [-0.2, -0.15) is 15.3 Å². The quantitative estimate of drug-likeness (QED) is 0.0520. The van der Waals surface area contributed by atoms with Gasteiger partial charge in [-0.05, 0) is 115 Å². The summed E-state index contributed by atoms with van der Waals surface area (Å²) in [4.78, 5) is 97.0. The number of rotatable bonds is 20. The molecule has 24 nitrogen and oxygen atoms in total. The van der Waals surface area contributed by atoms with E-state index in [2.05, 4.69) is 71.4 Å². The van der Waals surface area contributed by atoms with E-state index in [1.165, 1.54) is 31.7 Å². The maximum atomic E-state index is 16.9. The summed E-state index contributed by atoms with van der Waals surface area (Å²) in [6.07, 6.45) is 16.3. The highest BCUT2D eigenvalue weighted by atomic mass is 19.1. The zero-order chi connectivity index (χ0) is 73.7. The number of morpholine rings is 2. The first-order chi connectivity index (χ1) is 50.9. The Balaban J connectivity index is 0.556. The van der Waals surface area contributed by atoms with Crippen molar-refractivity contribution in [2.24, 2.45) is 72.9 Å². The molecule has 6 aromatic rings. The number of amides is 6. The van der Waals surface area contributed by atoms with Gasteiger partial charge in [-0.1, -0.05) is 90.7 Å². The maximum Gasteiger partial charge on any atom is 0.341 e. The minimum Gasteiger partial charge on any atom is -0.381 e. The second kappa shape index (κ2) is 26.5. The summed E-state index contributed by atoms with van der Waals surface area (Å²) in [6.45, 7) is 9.69. The average Bonchev–Trinajstić information content (AvgIpc) is 1.51. The first-order valence-corrected chi connectivity index (χ1v) is 38.9. The summed E-state index contributed by atoms with van der Waals surface area (Å²) < 4.78 is 56.3. The summed E-state index contributed by atoms with van der Waals surface area (Å²) in [5.41, 5.74) is 4.32. The van der Waals surface area contributed by atoms with E-state index in [0.29, 0.717) is 65.0 Å². The molecule has 14 atom stereocenters. The minimum absolute atomic E-state index is 0.00778. The Hall–Kier alpha value is -8.30. The Morgan fingerprint density at radius 3 is 1.70 bits per heavy atom. The number of hydrogen-bond donors (Lipinski definition) is 4. The number of piperidine rings is 2. The van der Waals surface area contributed by atoms with Gasteiger partial charge in [0.2, 0.25) is 5.91 Å². The molecule has 4 N–H and O–H groups in total. The van der Waals surface area contributed by atoms with Gasteiger partial charge in [-0.3, -0.25) is 33.2 Å². The van der Waals surface area contributed by atoms with Crippen LogP contribution in [0.3, 0.4) is 0 Å². The fourth-order valence-corrected chi connectivity index (χ4v) is 21.0. The SMILES string of the molecule is Cn1nc(C2CN(c3ncc([N+]4(C)C(=O)[C@@H](NC(=O)c5ccnn5C)C(C5CCC5)C5(C)CC54)cc3F)CCO2)cc1C(=O)N[C@H](C(=O)Nc1ccc(N2CCOC(c3cc(C(=O)N[C@@H]4C(=O)[N+](C)(c5ccc(C6CCOCC6)cc5)C5CC5(C)C4C4CCC4)n(C)n3)C2)c(F)c1)C(C1CCC1)C1(C)CC1. The molecule has 6 saturated carbocycles. The predicted molar refractivity (Wildman–Crippen MR) is 392 cm³/mol. The molecule has 26 heteroatoms. The van der Waals surface area contributed by atoms with Crippen molar-refractivity contribution in [1.82, 2.24) is 59.2 Å². The monoisotopic (exact) mass is 1450 g/mol. The van der Waals surface area contributed by atoms with E-state index in [0.717, 1.165) is 115 Å². The number of likely N-dealkylation sites (tertiary alicyclic amines) is 2. The van der Waals surface area contributed by atoms with Crippen LogP contribution in [0.4, 0.5) is 37.3 Å². The molecule has 6 aliphatic carbocycles. The van der Waals surface area contributed by atoms with Crippen LogP contribution in [-0.2, 0) is 49.7 Å². The molecule has 17 rings (SSSR count). The molecule has 11 unspecified atom stereocenters. The number of likely N-dealkylation sites (N-methyl/N-ethyl adjacent to an activating group) is 2. The summed E-state index contributed by atoms with van der Waals surface area (Å²) in [5.74, 6) is -1.99. The third-order valence-corrected chi connectivity index (χ3v) is 28.2. The standard InChI is InChI=1S/C80H99F2N15O9/c1-78(27-28-78)65(47-12-9-13-47)68(86-73(99)59-39-56(90-92(59)5)62-44-95(31-35-106-62)71-54(82)37-52(42-83-71)97(8)64-41-80(64,3)67(49-16-11-17-49)70(77(97)103)87-72(98)58-24-29-84-91(58)4)75(101)85-50-20-23-57(53(81)36-50)94-30-34-105-61(43-94)55-38-60(93(6)89-55)74(100)88-69-66(48-14-10-15-48)79(2)40-63(79)96(7,76(69)102)51-21-18-45(19-22-51)46-25-32-104-33-26-46/h18-24,29,36-39,42,46-49,61-70H,9-17,25-28,30-35,40-41,43-44H2,1-8H3,(H2-2,85,86,87,88,98,99,100,101)/p+2/t61?,62?,63?,64?,65?,66?,67?,68-,69-,70-,79?,80?,96?,97?/m0/s1. The van der Waals surface area contributed by atoms with E-state index < -0.39 is 53.8 Å². The lowest BCUT2D eigenvalue weighted by molar-refractivity contribution is -0.140. The van der Waals surface area contributed by atoms with Gasteiger partial charge in [-0.25, -0.2) is 32.3 Å². The summed E-state index contributed by atoms with van der Waals surface area (Å²) in [5, 5.41) is 26.3. The molecule has 5 saturated heterocycles. The number of aromatic nitrogens is 7. The Labute approximate surface area is 617 Å². The van der Waals surface area contributed by atoms with E-state index in [9.17, 15) is 19.2 Å². The van der Waals surface area contributed by atoms with E-state index in [-0.39, 0.29) is 128 Å². The molecule has 5 aliphatic heterocycles. The molecular formula is C80H101F2N15O9+2. The van der Waals surface area contributed by atoms with Crippen molar-refractivity contribution < 1.29 is 51.8 Å². The van der Waals surface area contributed by atoms with Crippen LogP contribution < -0.4 is 40.0 Å². The number of pyridine rings is 1. The van der Waals surface area contributed by atoms with Crippen molar-refractivity contribution in [3.63, 3.8) is 0 Å². The number of aryl methyl sites for hydroxylation is 3. The molecule has 0 bridgehead atoms. The lowest BCUT2D eigenvalue weighted by Crippen LogP contribution is -2.69. The van der Waals surface area contributed by atoms with E-state index in [4.69, 9.17) is 29.4 Å². The minimum atomic E-state index is -0.986. The van der Waals surface area contributed by atoms with Crippen LogP contribution in [0.15, 0.2) is 79.1 Å². The van der Waals surface area contributed by atoms with Crippen LogP contribution in [0, 0.1) is 63.4 Å². The predicted octanol–water partition coefficient (Wildman–Crippen LogP) is 9.51. The largest absolute Gasteiger partial charge is 0.381 e. The highest BCUT2D eigenvalue weighted by molar-refractivity contribution is 6.03. The summed E-state index contributed by atoms with van der Waals surface area (Å²) in [6, 6.07) is 17.2. The van der Waals surface area contributed by atoms with E-state index >= 15 is 18.4 Å². The summed E-state index contributed by atoms with van der Waals surface area (Å²) in [7, 11) is 8.92. The zero-order valence-corrected chi connectivity index (χ0v) is 62.2. The van der Waals surface area contributed by atoms with Crippen molar-refractivity contribution in [2.75, 3.05) is 81.8 Å². The van der Waals surface area contributed by atoms with E-state index in [1.54, 1.807) is 68.8 Å². The second-order valence-electron chi connectivity index (χ2n) is 34.2. The van der Waals surface area contributed by atoms with Crippen LogP contribution >= 0.6 is 0 Å². The molecular weight excluding hydrogens is 1350 g/mol. The van der Waals surface area contributed by atoms with Gasteiger partial charge in [0, 0.05) is 101 Å². The lowest BCUT2D eigenvalue weighted by atomic mass is 9.64. The second-order valence-corrected chi connectivity index (χ2v) is 34.2. The molecule has 0 spiro atoms. The number of hydrogen-bond acceptors (Lipinski definition) is 15. The number of halogens is 2. The third-order valence-electron chi connectivity index (χ3n) is 28.2. The molecule has 106 heavy (non-hydrogen) atoms. The molecule has 9 heterocycles. The Morgan fingerprint density at radius 2 is 1.17 bits per heavy atom. The number of benzene rings is 2. The lowest BCUT2D eigenvalue weighted by Gasteiger charge is -2.49. The van der Waals surface area contributed by atoms with Crippen molar-refractivity contribution in [1.29, 1.82) is 0 Å². The van der Waals surface area contributed by atoms with Crippen LogP contribution in [0.1, 0.15) is 184 Å². The number of anilines is 3. The van der Waals surface area contributed by atoms with E-state index in [1.807, 2.05) is 19.0 Å². The molecule has 4 aromatic heterocycles. The Bertz CT molecular complexity index is 4480. The van der Waals surface area contributed by atoms with Gasteiger partial charge in [0.25, 0.3) is 17.7 Å². The average molecular weight is 1450 g/mol. The third kappa shape index (κ3) is 11.9. The topological polar surface area (TPSA) is 251 Å². The number of quaternary nitrogens is 2. The first-order valence-electron chi connectivity index (χ1n) is 38.9. The fourth-order valence-electron chi connectivity index (χ4n) is 21.0. The van der Waals surface area contributed by atoms with Crippen LogP contribution in [-0.4, -0.2) is 167 Å². The molecule has 2 aromatic carbocycles. The number of carbonyl (C=O) groups excluding carboxylic acids is 6. The zero-order valence-electron chi connectivity index (χ0n) is 62.2. The summed E-state index contributed by atoms with van der Waals surface area (Å²) >= 11 is 0. The number of nitrogens with one attached hydrogen (secondary N) is 4. The molecule has 562 valence electrons. The number of fused-ring (bicyclic) bond motifs is 2. The molecule has 11 aliphatic rings. The van der Waals surface area contributed by atoms with Gasteiger partial charge in [0.05, 0.1) is 63.7 Å². The Kier molecular flexibility index (Phi) is 17.7. The number of ether oxygens (including phenoxy) is 3. The van der Waals surface area contributed by atoms with Gasteiger partial charge in [0.15, 0.2) is 17.3 Å². The van der Waals surface area contributed by atoms with Crippen molar-refractivity contribution in [2.45, 2.75) is 165 Å². The first kappa shape index (κ1) is 70.7. The van der Waals surface area contributed by atoms with Gasteiger partial charge < -0.3 is 45.3 Å². The van der Waals surface area contributed by atoms with Crippen LogP contribution in [0.2, 0.25) is 0 Å². The molecule has 11 fully saturated rings. The van der Waals surface area contributed by atoms with Crippen molar-refractivity contribution in [3.8, 4) is 0 Å². The molecule has 0 radical (unpaired) electrons. The number of carbonyl (C=O) groups is 6. The van der Waals surface area contributed by atoms with Crippen LogP contribution in [0.25, 0.3) is 0 Å².